The number of rotatable bonds is 1. The lowest BCUT2D eigenvalue weighted by atomic mass is 9.57. The van der Waals surface area contributed by atoms with Gasteiger partial charge in [0.1, 0.15) is 0 Å². The first-order valence-corrected chi connectivity index (χ1v) is 5.76. The van der Waals surface area contributed by atoms with Crippen molar-refractivity contribution in [2.45, 2.75) is 39.2 Å². The van der Waals surface area contributed by atoms with Crippen LogP contribution in [-0.2, 0) is 5.54 Å². The number of nitrogens with two attached hydrogens (primary N) is 1. The monoisotopic (exact) mass is 203 g/mol. The molecule has 1 heteroatoms. The molecule has 0 amide bonds. The lowest BCUT2D eigenvalue weighted by molar-refractivity contribution is 0.0490. The second-order valence-electron chi connectivity index (χ2n) is 5.99. The second kappa shape index (κ2) is 3.34. The number of hydrogen-bond donors (Lipinski definition) is 1. The molecule has 0 saturated heterocycles. The highest BCUT2D eigenvalue weighted by Gasteiger charge is 2.46. The van der Waals surface area contributed by atoms with Gasteiger partial charge in [-0.3, -0.25) is 0 Å². The zero-order chi connectivity index (χ0) is 11.1. The van der Waals surface area contributed by atoms with Crippen LogP contribution < -0.4 is 5.73 Å². The fourth-order valence-electron chi connectivity index (χ4n) is 2.44. The lowest BCUT2D eigenvalue weighted by Gasteiger charge is -2.51. The third kappa shape index (κ3) is 1.93. The van der Waals surface area contributed by atoms with Crippen molar-refractivity contribution in [3.63, 3.8) is 0 Å². The number of hydrogen-bond acceptors (Lipinski definition) is 1. The van der Waals surface area contributed by atoms with Crippen LogP contribution >= 0.6 is 0 Å². The SMILES string of the molecule is CC(C)(C)C1CC(N)(c2ccccc2)C1. The zero-order valence-corrected chi connectivity index (χ0v) is 9.96. The number of benzene rings is 1. The molecule has 1 aromatic rings. The van der Waals surface area contributed by atoms with E-state index in [1.54, 1.807) is 0 Å². The summed E-state index contributed by atoms with van der Waals surface area (Å²) in [4.78, 5) is 0. The summed E-state index contributed by atoms with van der Waals surface area (Å²) >= 11 is 0. The van der Waals surface area contributed by atoms with Gasteiger partial charge in [0.2, 0.25) is 0 Å². The molecule has 0 atom stereocenters. The molecular formula is C14H21N. The van der Waals surface area contributed by atoms with E-state index in [9.17, 15) is 0 Å². The molecule has 1 saturated carbocycles. The fourth-order valence-corrected chi connectivity index (χ4v) is 2.44. The first-order chi connectivity index (χ1) is 6.92. The van der Waals surface area contributed by atoms with Gasteiger partial charge in [0.05, 0.1) is 0 Å². The predicted octanol–water partition coefficient (Wildman–Crippen LogP) is 3.30. The van der Waals surface area contributed by atoms with Gasteiger partial charge in [-0.2, -0.15) is 0 Å². The summed E-state index contributed by atoms with van der Waals surface area (Å²) in [7, 11) is 0. The molecule has 2 N–H and O–H groups in total. The van der Waals surface area contributed by atoms with Crippen LogP contribution in [0.1, 0.15) is 39.2 Å². The largest absolute Gasteiger partial charge is 0.321 e. The summed E-state index contributed by atoms with van der Waals surface area (Å²) in [5.74, 6) is 0.766. The van der Waals surface area contributed by atoms with Crippen LogP contribution in [0.25, 0.3) is 0 Å². The van der Waals surface area contributed by atoms with E-state index in [0.717, 1.165) is 18.8 Å². The van der Waals surface area contributed by atoms with Crippen molar-refractivity contribution in [2.75, 3.05) is 0 Å². The molecule has 15 heavy (non-hydrogen) atoms. The highest BCUT2D eigenvalue weighted by atomic mass is 14.8. The summed E-state index contributed by atoms with van der Waals surface area (Å²) in [6.45, 7) is 6.92. The Kier molecular flexibility index (Phi) is 2.38. The van der Waals surface area contributed by atoms with Gasteiger partial charge in [-0.15, -0.1) is 0 Å². The van der Waals surface area contributed by atoms with Crippen LogP contribution in [-0.4, -0.2) is 0 Å². The maximum absolute atomic E-state index is 6.41. The van der Waals surface area contributed by atoms with Crippen LogP contribution in [0.5, 0.6) is 0 Å². The molecule has 2 rings (SSSR count). The van der Waals surface area contributed by atoms with Gasteiger partial charge in [-0.25, -0.2) is 0 Å². The summed E-state index contributed by atoms with van der Waals surface area (Å²) in [6, 6.07) is 10.5. The molecule has 0 bridgehead atoms. The van der Waals surface area contributed by atoms with Crippen molar-refractivity contribution in [2.24, 2.45) is 17.1 Å². The first-order valence-electron chi connectivity index (χ1n) is 5.76. The average Bonchev–Trinajstić information content (AvgIpc) is 2.13. The molecule has 0 unspecified atom stereocenters. The Balaban J connectivity index is 2.09. The highest BCUT2D eigenvalue weighted by Crippen LogP contribution is 2.51. The average molecular weight is 203 g/mol. The summed E-state index contributed by atoms with van der Waals surface area (Å²) in [5, 5.41) is 0. The molecular weight excluding hydrogens is 182 g/mol. The highest BCUT2D eigenvalue weighted by molar-refractivity contribution is 5.27. The normalized spacial score (nSPS) is 31.1. The van der Waals surface area contributed by atoms with Gasteiger partial charge >= 0.3 is 0 Å². The van der Waals surface area contributed by atoms with Gasteiger partial charge in [0.15, 0.2) is 0 Å². The van der Waals surface area contributed by atoms with Crippen LogP contribution in [0.2, 0.25) is 0 Å². The quantitative estimate of drug-likeness (QED) is 0.744. The Hall–Kier alpha value is -0.820. The van der Waals surface area contributed by atoms with Crippen molar-refractivity contribution in [3.05, 3.63) is 35.9 Å². The molecule has 1 aliphatic carbocycles. The third-order valence-corrected chi connectivity index (χ3v) is 3.79. The predicted molar refractivity (Wildman–Crippen MR) is 64.5 cm³/mol. The van der Waals surface area contributed by atoms with E-state index in [-0.39, 0.29) is 5.54 Å². The molecule has 82 valence electrons. The standard InChI is InChI=1S/C14H21N/c1-13(2,3)12-9-14(15,10-12)11-7-5-4-6-8-11/h4-8,12H,9-10,15H2,1-3H3. The molecule has 0 radical (unpaired) electrons. The minimum atomic E-state index is -0.0563. The van der Waals surface area contributed by atoms with E-state index in [1.807, 2.05) is 6.07 Å². The minimum absolute atomic E-state index is 0.0563. The van der Waals surface area contributed by atoms with Crippen LogP contribution in [0.15, 0.2) is 30.3 Å². The van der Waals surface area contributed by atoms with E-state index < -0.39 is 0 Å². The Labute approximate surface area is 92.7 Å². The Bertz CT molecular complexity index is 328. The van der Waals surface area contributed by atoms with Crippen LogP contribution in [0, 0.1) is 11.3 Å². The smallest absolute Gasteiger partial charge is 0.0415 e. The van der Waals surface area contributed by atoms with Crippen molar-refractivity contribution < 1.29 is 0 Å². The van der Waals surface area contributed by atoms with Gasteiger partial charge in [0.25, 0.3) is 0 Å². The van der Waals surface area contributed by atoms with Crippen LogP contribution in [0.3, 0.4) is 0 Å². The van der Waals surface area contributed by atoms with E-state index in [0.29, 0.717) is 5.41 Å². The zero-order valence-electron chi connectivity index (χ0n) is 9.96. The summed E-state index contributed by atoms with van der Waals surface area (Å²) < 4.78 is 0. The molecule has 1 fully saturated rings. The Morgan fingerprint density at radius 1 is 1.13 bits per heavy atom. The molecule has 0 spiro atoms. The fraction of sp³-hybridized carbons (Fsp3) is 0.571. The second-order valence-corrected chi connectivity index (χ2v) is 5.99. The van der Waals surface area contributed by atoms with Crippen molar-refractivity contribution >= 4 is 0 Å². The lowest BCUT2D eigenvalue weighted by Crippen LogP contribution is -2.52. The van der Waals surface area contributed by atoms with E-state index in [4.69, 9.17) is 5.73 Å². The van der Waals surface area contributed by atoms with Gasteiger partial charge in [-0.05, 0) is 29.7 Å². The van der Waals surface area contributed by atoms with Gasteiger partial charge in [-0.1, -0.05) is 51.1 Å². The molecule has 1 aromatic carbocycles. The van der Waals surface area contributed by atoms with E-state index >= 15 is 0 Å². The van der Waals surface area contributed by atoms with Crippen molar-refractivity contribution in [1.29, 1.82) is 0 Å². The minimum Gasteiger partial charge on any atom is -0.321 e. The van der Waals surface area contributed by atoms with Gasteiger partial charge < -0.3 is 5.73 Å². The topological polar surface area (TPSA) is 26.0 Å². The van der Waals surface area contributed by atoms with Crippen molar-refractivity contribution in [3.8, 4) is 0 Å². The van der Waals surface area contributed by atoms with Crippen molar-refractivity contribution in [1.82, 2.24) is 0 Å². The molecule has 1 nitrogen and oxygen atoms in total. The molecule has 1 aliphatic rings. The molecule has 0 aliphatic heterocycles. The summed E-state index contributed by atoms with van der Waals surface area (Å²) in [6.07, 6.45) is 2.25. The molecule has 0 heterocycles. The van der Waals surface area contributed by atoms with Crippen LogP contribution in [0.4, 0.5) is 0 Å². The summed E-state index contributed by atoms with van der Waals surface area (Å²) in [5.41, 5.74) is 8.05. The first kappa shape index (κ1) is 10.7. The maximum Gasteiger partial charge on any atom is 0.0415 e. The van der Waals surface area contributed by atoms with Gasteiger partial charge in [0, 0.05) is 5.54 Å². The van der Waals surface area contributed by atoms with E-state index in [1.165, 1.54) is 5.56 Å². The van der Waals surface area contributed by atoms with E-state index in [2.05, 4.69) is 45.0 Å². The third-order valence-electron chi connectivity index (χ3n) is 3.79. The Morgan fingerprint density at radius 3 is 2.13 bits per heavy atom. The molecule has 0 aromatic heterocycles. The Morgan fingerprint density at radius 2 is 1.67 bits per heavy atom. The maximum atomic E-state index is 6.41.